The molecule has 0 fully saturated rings. The Balaban J connectivity index is 1.88. The monoisotopic (exact) mass is 338 g/mol. The van der Waals surface area contributed by atoms with Crippen molar-refractivity contribution in [1.82, 2.24) is 4.98 Å². The van der Waals surface area contributed by atoms with Gasteiger partial charge in [-0.05, 0) is 69.3 Å². The van der Waals surface area contributed by atoms with Gasteiger partial charge in [0.05, 0.1) is 17.2 Å². The van der Waals surface area contributed by atoms with E-state index in [0.29, 0.717) is 27.8 Å². The van der Waals surface area contributed by atoms with E-state index < -0.39 is 5.82 Å². The number of aryl methyl sites for hydroxylation is 1. The van der Waals surface area contributed by atoms with Crippen molar-refractivity contribution in [2.75, 3.05) is 5.32 Å². The molecule has 0 saturated carbocycles. The van der Waals surface area contributed by atoms with Crippen LogP contribution in [0.4, 0.5) is 10.1 Å². The number of hydrogen-bond donors (Lipinski definition) is 1. The minimum Gasteiger partial charge on any atom is -0.491 e. The topological polar surface area (TPSA) is 51.2 Å². The molecule has 0 saturated heterocycles. The molecule has 4 nitrogen and oxygen atoms in total. The van der Waals surface area contributed by atoms with Crippen LogP contribution in [0.1, 0.15) is 29.9 Å². The number of fused-ring (bicyclic) bond motifs is 1. The van der Waals surface area contributed by atoms with E-state index in [4.69, 9.17) is 4.74 Å². The highest BCUT2D eigenvalue weighted by Gasteiger charge is 2.13. The SMILES string of the molecule is Cc1cc(C(=O)Nc2ccc(OC(C)C)cc2)c2cc(F)ccc2n1. The maximum absolute atomic E-state index is 13.6. The molecule has 0 aliphatic heterocycles. The fraction of sp³-hybridized carbons (Fsp3) is 0.200. The lowest BCUT2D eigenvalue weighted by Gasteiger charge is -2.12. The first-order valence-electron chi connectivity index (χ1n) is 8.07. The number of anilines is 1. The molecule has 0 aliphatic rings. The molecule has 5 heteroatoms. The quantitative estimate of drug-likeness (QED) is 0.749. The largest absolute Gasteiger partial charge is 0.491 e. The van der Waals surface area contributed by atoms with Gasteiger partial charge in [0.1, 0.15) is 11.6 Å². The molecule has 0 radical (unpaired) electrons. The lowest BCUT2D eigenvalue weighted by Crippen LogP contribution is -2.13. The number of pyridine rings is 1. The van der Waals surface area contributed by atoms with Gasteiger partial charge >= 0.3 is 0 Å². The Bertz CT molecular complexity index is 921. The summed E-state index contributed by atoms with van der Waals surface area (Å²) in [5, 5.41) is 3.32. The second kappa shape index (κ2) is 6.89. The van der Waals surface area contributed by atoms with Crippen LogP contribution >= 0.6 is 0 Å². The molecule has 3 aromatic rings. The van der Waals surface area contributed by atoms with Gasteiger partial charge in [0.15, 0.2) is 0 Å². The van der Waals surface area contributed by atoms with Crippen LogP contribution in [0.3, 0.4) is 0 Å². The van der Waals surface area contributed by atoms with Gasteiger partial charge in [-0.1, -0.05) is 0 Å². The van der Waals surface area contributed by atoms with Crippen LogP contribution in [-0.4, -0.2) is 17.0 Å². The van der Waals surface area contributed by atoms with E-state index >= 15 is 0 Å². The van der Waals surface area contributed by atoms with Gasteiger partial charge in [0.2, 0.25) is 0 Å². The van der Waals surface area contributed by atoms with Crippen molar-refractivity contribution < 1.29 is 13.9 Å². The number of carbonyl (C=O) groups excluding carboxylic acids is 1. The van der Waals surface area contributed by atoms with Crippen LogP contribution in [-0.2, 0) is 0 Å². The van der Waals surface area contributed by atoms with Gasteiger partial charge in [-0.2, -0.15) is 0 Å². The highest BCUT2D eigenvalue weighted by atomic mass is 19.1. The zero-order chi connectivity index (χ0) is 18.0. The zero-order valence-electron chi connectivity index (χ0n) is 14.3. The van der Waals surface area contributed by atoms with Gasteiger partial charge in [-0.25, -0.2) is 4.39 Å². The summed E-state index contributed by atoms with van der Waals surface area (Å²) < 4.78 is 19.2. The summed E-state index contributed by atoms with van der Waals surface area (Å²) in [4.78, 5) is 17.0. The number of carbonyl (C=O) groups is 1. The Morgan fingerprint density at radius 3 is 2.52 bits per heavy atom. The molecule has 1 N–H and O–H groups in total. The van der Waals surface area contributed by atoms with Gasteiger partial charge in [0.25, 0.3) is 5.91 Å². The Hall–Kier alpha value is -2.95. The summed E-state index contributed by atoms with van der Waals surface area (Å²) in [5.74, 6) is 0.0290. The smallest absolute Gasteiger partial charge is 0.256 e. The molecular formula is C20H19FN2O2. The predicted molar refractivity (Wildman–Crippen MR) is 96.6 cm³/mol. The van der Waals surface area contributed by atoms with Crippen LogP contribution in [0.15, 0.2) is 48.5 Å². The first-order chi connectivity index (χ1) is 11.9. The minimum atomic E-state index is -0.401. The Morgan fingerprint density at radius 2 is 1.84 bits per heavy atom. The van der Waals surface area contributed by atoms with Crippen molar-refractivity contribution in [3.63, 3.8) is 0 Å². The molecule has 2 aromatic carbocycles. The number of rotatable bonds is 4. The lowest BCUT2D eigenvalue weighted by atomic mass is 10.1. The van der Waals surface area contributed by atoms with Crippen LogP contribution in [0.25, 0.3) is 10.9 Å². The number of amides is 1. The molecule has 1 amide bonds. The zero-order valence-corrected chi connectivity index (χ0v) is 14.3. The molecule has 0 spiro atoms. The summed E-state index contributed by atoms with van der Waals surface area (Å²) in [6, 6.07) is 13.0. The van der Waals surface area contributed by atoms with Crippen molar-refractivity contribution in [3.8, 4) is 5.75 Å². The Labute approximate surface area is 145 Å². The number of halogens is 1. The van der Waals surface area contributed by atoms with Crippen LogP contribution < -0.4 is 10.1 Å². The van der Waals surface area contributed by atoms with E-state index in [0.717, 1.165) is 5.75 Å². The fourth-order valence-electron chi connectivity index (χ4n) is 2.61. The molecule has 1 aromatic heterocycles. The van der Waals surface area contributed by atoms with E-state index in [-0.39, 0.29) is 12.0 Å². The van der Waals surface area contributed by atoms with Crippen molar-refractivity contribution in [2.45, 2.75) is 26.9 Å². The van der Waals surface area contributed by atoms with Gasteiger partial charge in [-0.3, -0.25) is 9.78 Å². The number of ether oxygens (including phenoxy) is 1. The molecule has 0 atom stereocenters. The fourth-order valence-corrected chi connectivity index (χ4v) is 2.61. The third kappa shape index (κ3) is 3.94. The van der Waals surface area contributed by atoms with Gasteiger partial charge in [0, 0.05) is 16.8 Å². The number of hydrogen-bond acceptors (Lipinski definition) is 3. The molecule has 128 valence electrons. The summed E-state index contributed by atoms with van der Waals surface area (Å²) in [5.41, 5.74) is 2.32. The van der Waals surface area contributed by atoms with E-state index in [1.54, 1.807) is 43.3 Å². The first-order valence-corrected chi connectivity index (χ1v) is 8.07. The Morgan fingerprint density at radius 1 is 1.12 bits per heavy atom. The van der Waals surface area contributed by atoms with Crippen LogP contribution in [0.2, 0.25) is 0 Å². The van der Waals surface area contributed by atoms with Gasteiger partial charge < -0.3 is 10.1 Å². The second-order valence-electron chi connectivity index (χ2n) is 6.12. The van der Waals surface area contributed by atoms with Crippen molar-refractivity contribution in [3.05, 3.63) is 65.6 Å². The summed E-state index contributed by atoms with van der Waals surface area (Å²) in [6.07, 6.45) is 0.0847. The highest BCUT2D eigenvalue weighted by Crippen LogP contribution is 2.22. The van der Waals surface area contributed by atoms with Crippen molar-refractivity contribution >= 4 is 22.5 Å². The minimum absolute atomic E-state index is 0.0847. The second-order valence-corrected chi connectivity index (χ2v) is 6.12. The number of benzene rings is 2. The highest BCUT2D eigenvalue weighted by molar-refractivity contribution is 6.12. The van der Waals surface area contributed by atoms with Crippen molar-refractivity contribution in [1.29, 1.82) is 0 Å². The maximum Gasteiger partial charge on any atom is 0.256 e. The van der Waals surface area contributed by atoms with Crippen LogP contribution in [0.5, 0.6) is 5.75 Å². The summed E-state index contributed by atoms with van der Waals surface area (Å²) in [6.45, 7) is 5.70. The standard InChI is InChI=1S/C20H19FN2O2/c1-12(2)25-16-7-5-15(6-8-16)23-20(24)18-10-13(3)22-19-9-4-14(21)11-17(18)19/h4-12H,1-3H3,(H,23,24). The molecule has 3 rings (SSSR count). The van der Waals surface area contributed by atoms with E-state index in [9.17, 15) is 9.18 Å². The number of nitrogens with zero attached hydrogens (tertiary/aromatic N) is 1. The lowest BCUT2D eigenvalue weighted by molar-refractivity contribution is 0.102. The van der Waals surface area contributed by atoms with Crippen LogP contribution in [0, 0.1) is 12.7 Å². The van der Waals surface area contributed by atoms with E-state index in [1.807, 2.05) is 13.8 Å². The molecule has 0 bridgehead atoms. The number of nitrogens with one attached hydrogen (secondary N) is 1. The first kappa shape index (κ1) is 16.9. The molecule has 0 unspecified atom stereocenters. The summed E-state index contributed by atoms with van der Waals surface area (Å²) in [7, 11) is 0. The molecule has 0 aliphatic carbocycles. The Kier molecular flexibility index (Phi) is 4.65. The van der Waals surface area contributed by atoms with E-state index in [2.05, 4.69) is 10.3 Å². The predicted octanol–water partition coefficient (Wildman–Crippen LogP) is 4.72. The average molecular weight is 338 g/mol. The van der Waals surface area contributed by atoms with E-state index in [1.165, 1.54) is 12.1 Å². The molecular weight excluding hydrogens is 319 g/mol. The third-order valence-corrected chi connectivity index (χ3v) is 3.63. The average Bonchev–Trinajstić information content (AvgIpc) is 2.56. The maximum atomic E-state index is 13.6. The number of aromatic nitrogens is 1. The van der Waals surface area contributed by atoms with Crippen molar-refractivity contribution in [2.24, 2.45) is 0 Å². The molecule has 25 heavy (non-hydrogen) atoms. The van der Waals surface area contributed by atoms with Gasteiger partial charge in [-0.15, -0.1) is 0 Å². The third-order valence-electron chi connectivity index (χ3n) is 3.63. The normalized spacial score (nSPS) is 10.9. The molecule has 1 heterocycles. The summed E-state index contributed by atoms with van der Waals surface area (Å²) >= 11 is 0.